The Morgan fingerprint density at radius 3 is 2.93 bits per heavy atom. The second-order valence-corrected chi connectivity index (χ2v) is 7.59. The molecule has 0 saturated carbocycles. The molecule has 0 aromatic carbocycles. The zero-order valence-electron chi connectivity index (χ0n) is 16.8. The Morgan fingerprint density at radius 1 is 1.29 bits per heavy atom. The van der Waals surface area contributed by atoms with Crippen molar-refractivity contribution in [3.63, 3.8) is 0 Å². The van der Waals surface area contributed by atoms with Crippen molar-refractivity contribution in [2.45, 2.75) is 70.2 Å². The number of carbonyl (C=O) groups is 1. The summed E-state index contributed by atoms with van der Waals surface area (Å²) >= 11 is 0. The number of nitrogens with zero attached hydrogens (tertiary/aromatic N) is 2. The molecule has 3 heterocycles. The van der Waals surface area contributed by atoms with Crippen molar-refractivity contribution in [1.29, 1.82) is 0 Å². The molecule has 3 rings (SSSR count). The molecule has 0 radical (unpaired) electrons. The molecule has 1 N–H and O–H groups in total. The summed E-state index contributed by atoms with van der Waals surface area (Å²) in [6.07, 6.45) is 7.84. The maximum Gasteiger partial charge on any atom is 0.252 e. The van der Waals surface area contributed by atoms with Gasteiger partial charge in [-0.05, 0) is 70.7 Å². The van der Waals surface area contributed by atoms with E-state index in [2.05, 4.69) is 10.3 Å². The van der Waals surface area contributed by atoms with Crippen LogP contribution in [0.15, 0.2) is 24.4 Å². The first-order valence-corrected chi connectivity index (χ1v) is 10.4. The Labute approximate surface area is 174 Å². The number of amides is 1. The SMILES string of the molecule is CC(OCC1CCCCO1)C(=O)N(Cc1ccccn1)C1CCCNCC1.Cl. The number of hydrogen-bond donors (Lipinski definition) is 1. The second-order valence-electron chi connectivity index (χ2n) is 7.59. The van der Waals surface area contributed by atoms with Gasteiger partial charge in [0.1, 0.15) is 6.10 Å². The van der Waals surface area contributed by atoms with Gasteiger partial charge in [0, 0.05) is 18.8 Å². The number of halogens is 1. The quantitative estimate of drug-likeness (QED) is 0.747. The topological polar surface area (TPSA) is 63.7 Å². The molecule has 3 atom stereocenters. The van der Waals surface area contributed by atoms with Crippen LogP contribution in [0, 0.1) is 0 Å². The minimum absolute atomic E-state index is 0. The Bertz CT molecular complexity index is 561. The average Bonchev–Trinajstić information content (AvgIpc) is 3.00. The molecule has 28 heavy (non-hydrogen) atoms. The van der Waals surface area contributed by atoms with Gasteiger partial charge in [0.25, 0.3) is 5.91 Å². The van der Waals surface area contributed by atoms with Crippen LogP contribution in [-0.4, -0.2) is 60.3 Å². The van der Waals surface area contributed by atoms with Crippen LogP contribution in [0.3, 0.4) is 0 Å². The predicted molar refractivity (Wildman–Crippen MR) is 112 cm³/mol. The number of hydrogen-bond acceptors (Lipinski definition) is 5. The third kappa shape index (κ3) is 6.99. The van der Waals surface area contributed by atoms with Gasteiger partial charge in [-0.15, -0.1) is 12.4 Å². The van der Waals surface area contributed by atoms with Gasteiger partial charge in [-0.25, -0.2) is 0 Å². The molecule has 2 aliphatic rings. The van der Waals surface area contributed by atoms with E-state index in [1.54, 1.807) is 6.20 Å². The van der Waals surface area contributed by atoms with Crippen molar-refractivity contribution in [2.75, 3.05) is 26.3 Å². The molecule has 2 aliphatic heterocycles. The first-order chi connectivity index (χ1) is 13.2. The van der Waals surface area contributed by atoms with Gasteiger partial charge in [-0.1, -0.05) is 6.07 Å². The van der Waals surface area contributed by atoms with Crippen molar-refractivity contribution in [2.24, 2.45) is 0 Å². The van der Waals surface area contributed by atoms with Gasteiger partial charge in [0.2, 0.25) is 0 Å². The lowest BCUT2D eigenvalue weighted by Gasteiger charge is -2.33. The van der Waals surface area contributed by atoms with E-state index in [-0.39, 0.29) is 30.5 Å². The maximum absolute atomic E-state index is 13.2. The highest BCUT2D eigenvalue weighted by molar-refractivity contribution is 5.85. The largest absolute Gasteiger partial charge is 0.376 e. The summed E-state index contributed by atoms with van der Waals surface area (Å²) in [6.45, 7) is 5.67. The molecule has 1 aromatic heterocycles. The van der Waals surface area contributed by atoms with Crippen LogP contribution >= 0.6 is 12.4 Å². The molecule has 0 spiro atoms. The molecule has 3 unspecified atom stereocenters. The number of pyridine rings is 1. The third-order valence-corrected chi connectivity index (χ3v) is 5.48. The average molecular weight is 412 g/mol. The summed E-state index contributed by atoms with van der Waals surface area (Å²) < 4.78 is 11.7. The summed E-state index contributed by atoms with van der Waals surface area (Å²) in [5.74, 6) is 0.0587. The molecule has 158 valence electrons. The van der Waals surface area contributed by atoms with Gasteiger partial charge >= 0.3 is 0 Å². The lowest BCUT2D eigenvalue weighted by atomic mass is 10.1. The molecule has 1 aromatic rings. The Hall–Kier alpha value is -1.21. The van der Waals surface area contributed by atoms with Crippen molar-refractivity contribution in [3.8, 4) is 0 Å². The lowest BCUT2D eigenvalue weighted by molar-refractivity contribution is -0.149. The van der Waals surface area contributed by atoms with Crippen LogP contribution in [0.1, 0.15) is 51.1 Å². The number of ether oxygens (including phenoxy) is 2. The lowest BCUT2D eigenvalue weighted by Crippen LogP contribution is -2.46. The van der Waals surface area contributed by atoms with E-state index in [9.17, 15) is 4.79 Å². The van der Waals surface area contributed by atoms with Crippen molar-refractivity contribution < 1.29 is 14.3 Å². The van der Waals surface area contributed by atoms with Gasteiger partial charge < -0.3 is 19.7 Å². The fourth-order valence-corrected chi connectivity index (χ4v) is 3.86. The van der Waals surface area contributed by atoms with Gasteiger partial charge in [-0.3, -0.25) is 9.78 Å². The number of rotatable bonds is 7. The first kappa shape index (κ1) is 23.1. The van der Waals surface area contributed by atoms with E-state index in [1.807, 2.05) is 30.0 Å². The van der Waals surface area contributed by atoms with Gasteiger partial charge in [-0.2, -0.15) is 0 Å². The molecule has 7 heteroatoms. The van der Waals surface area contributed by atoms with Gasteiger partial charge in [0.15, 0.2) is 0 Å². The van der Waals surface area contributed by atoms with Crippen LogP contribution in [0.25, 0.3) is 0 Å². The fourth-order valence-electron chi connectivity index (χ4n) is 3.86. The summed E-state index contributed by atoms with van der Waals surface area (Å²) in [6, 6.07) is 6.09. The van der Waals surface area contributed by atoms with Crippen molar-refractivity contribution in [1.82, 2.24) is 15.2 Å². The summed E-state index contributed by atoms with van der Waals surface area (Å²) in [7, 11) is 0. The molecule has 2 saturated heterocycles. The fraction of sp³-hybridized carbons (Fsp3) is 0.714. The second kappa shape index (κ2) is 12.4. The molecule has 0 bridgehead atoms. The first-order valence-electron chi connectivity index (χ1n) is 10.4. The summed E-state index contributed by atoms with van der Waals surface area (Å²) in [5, 5.41) is 3.43. The van der Waals surface area contributed by atoms with Crippen molar-refractivity contribution >= 4 is 18.3 Å². The molecule has 1 amide bonds. The monoisotopic (exact) mass is 411 g/mol. The van der Waals surface area contributed by atoms with E-state index in [0.717, 1.165) is 57.5 Å². The van der Waals surface area contributed by atoms with E-state index < -0.39 is 6.10 Å². The number of carbonyl (C=O) groups excluding carboxylic acids is 1. The number of aromatic nitrogens is 1. The Kier molecular flexibility index (Phi) is 10.2. The Balaban J connectivity index is 0.00000280. The highest BCUT2D eigenvalue weighted by atomic mass is 35.5. The molecular formula is C21H34ClN3O3. The minimum Gasteiger partial charge on any atom is -0.376 e. The zero-order valence-corrected chi connectivity index (χ0v) is 17.7. The van der Waals surface area contributed by atoms with Gasteiger partial charge in [0.05, 0.1) is 24.9 Å². The highest BCUT2D eigenvalue weighted by Gasteiger charge is 2.29. The van der Waals surface area contributed by atoms with Crippen molar-refractivity contribution in [3.05, 3.63) is 30.1 Å². The van der Waals surface area contributed by atoms with Crippen LogP contribution in [-0.2, 0) is 20.8 Å². The normalized spacial score (nSPS) is 23.9. The third-order valence-electron chi connectivity index (χ3n) is 5.48. The highest BCUT2D eigenvalue weighted by Crippen LogP contribution is 2.19. The predicted octanol–water partition coefficient (Wildman–Crippen LogP) is 2.95. The standard InChI is InChI=1S/C21H33N3O3.ClH/c1-17(27-16-20-9-3-5-14-26-20)21(25)24(15-18-7-2-4-12-23-18)19-8-6-11-22-13-10-19;/h2,4,7,12,17,19-20,22H,3,5-6,8-11,13-16H2,1H3;1H. The zero-order chi connectivity index (χ0) is 18.9. The molecule has 6 nitrogen and oxygen atoms in total. The van der Waals surface area contributed by atoms with Crippen LogP contribution in [0.4, 0.5) is 0 Å². The minimum atomic E-state index is -0.463. The summed E-state index contributed by atoms with van der Waals surface area (Å²) in [5.41, 5.74) is 0.922. The molecule has 2 fully saturated rings. The van der Waals surface area contributed by atoms with Crippen LogP contribution in [0.5, 0.6) is 0 Å². The van der Waals surface area contributed by atoms with E-state index in [4.69, 9.17) is 9.47 Å². The van der Waals surface area contributed by atoms with Crippen LogP contribution < -0.4 is 5.32 Å². The molecule has 0 aliphatic carbocycles. The summed E-state index contributed by atoms with van der Waals surface area (Å²) in [4.78, 5) is 19.7. The Morgan fingerprint density at radius 2 is 2.18 bits per heavy atom. The van der Waals surface area contributed by atoms with E-state index >= 15 is 0 Å². The van der Waals surface area contributed by atoms with Crippen LogP contribution in [0.2, 0.25) is 0 Å². The maximum atomic E-state index is 13.2. The van der Waals surface area contributed by atoms with E-state index in [1.165, 1.54) is 6.42 Å². The smallest absolute Gasteiger partial charge is 0.252 e. The van der Waals surface area contributed by atoms with E-state index in [0.29, 0.717) is 13.2 Å². The number of nitrogens with one attached hydrogen (secondary N) is 1. The molecular weight excluding hydrogens is 378 g/mol.